The summed E-state index contributed by atoms with van der Waals surface area (Å²) in [6.45, 7) is 4.48. The van der Waals surface area contributed by atoms with E-state index >= 15 is 0 Å². The number of amides is 1. The van der Waals surface area contributed by atoms with E-state index in [9.17, 15) is 4.79 Å². The molecule has 1 amide bonds. The maximum atomic E-state index is 12.3. The van der Waals surface area contributed by atoms with Crippen molar-refractivity contribution in [1.29, 1.82) is 0 Å². The number of aromatic nitrogens is 1. The predicted octanol–water partition coefficient (Wildman–Crippen LogP) is 2.17. The first-order valence-electron chi connectivity index (χ1n) is 6.08. The van der Waals surface area contributed by atoms with Crippen molar-refractivity contribution in [3.8, 4) is 0 Å². The number of nitrogens with two attached hydrogens (primary N) is 1. The Bertz CT molecular complexity index is 409. The molecule has 110 valence electrons. The molecule has 5 nitrogen and oxygen atoms in total. The maximum absolute atomic E-state index is 12.3. The quantitative estimate of drug-likeness (QED) is 0.908. The summed E-state index contributed by atoms with van der Waals surface area (Å²) in [6, 6.07) is 0.100. The molecule has 1 aromatic heterocycles. The third-order valence-corrected chi connectivity index (χ3v) is 3.36. The monoisotopic (exact) mass is 309 g/mol. The van der Waals surface area contributed by atoms with Gasteiger partial charge in [-0.3, -0.25) is 4.79 Å². The van der Waals surface area contributed by atoms with Crippen molar-refractivity contribution in [2.45, 2.75) is 45.2 Å². The summed E-state index contributed by atoms with van der Waals surface area (Å²) in [5, 5.41) is 0. The zero-order chi connectivity index (χ0) is 12.4. The lowest BCUT2D eigenvalue weighted by atomic mass is 9.96. The Morgan fingerprint density at radius 2 is 2.21 bits per heavy atom. The Morgan fingerprint density at radius 1 is 1.53 bits per heavy atom. The van der Waals surface area contributed by atoms with E-state index in [2.05, 4.69) is 4.98 Å². The van der Waals surface area contributed by atoms with E-state index in [4.69, 9.17) is 10.2 Å². The lowest BCUT2D eigenvalue weighted by molar-refractivity contribution is 0.0550. The van der Waals surface area contributed by atoms with Crippen LogP contribution in [0.2, 0.25) is 0 Å². The van der Waals surface area contributed by atoms with Crippen molar-refractivity contribution in [1.82, 2.24) is 9.88 Å². The van der Waals surface area contributed by atoms with Gasteiger partial charge in [0.05, 0.1) is 5.69 Å². The van der Waals surface area contributed by atoms with Gasteiger partial charge < -0.3 is 15.1 Å². The number of piperidine rings is 1. The number of hydrogen-bond donors (Lipinski definition) is 1. The molecule has 0 radical (unpaired) electrons. The van der Waals surface area contributed by atoms with Crippen LogP contribution in [-0.4, -0.2) is 34.4 Å². The van der Waals surface area contributed by atoms with Crippen LogP contribution in [0.3, 0.4) is 0 Å². The average Bonchev–Trinajstić information content (AvgIpc) is 2.74. The topological polar surface area (TPSA) is 72.4 Å². The van der Waals surface area contributed by atoms with Crippen LogP contribution in [0.5, 0.6) is 0 Å². The third-order valence-electron chi connectivity index (χ3n) is 3.36. The molecule has 2 unspecified atom stereocenters. The maximum Gasteiger partial charge on any atom is 0.291 e. The van der Waals surface area contributed by atoms with E-state index in [0.29, 0.717) is 11.5 Å². The minimum absolute atomic E-state index is 0. The molecule has 19 heavy (non-hydrogen) atoms. The third kappa shape index (κ3) is 3.84. The molecular weight excluding hydrogens is 289 g/mol. The second-order valence-electron chi connectivity index (χ2n) is 4.69. The predicted molar refractivity (Wildman–Crippen MR) is 78.1 cm³/mol. The standard InChI is InChI=1S/C12H19N3O2.2ClH/c1-8(13)10-5-3-4-6-15(10)12(16)11-9(2)14-7-17-11;;/h7-8,10H,3-6,13H2,1-2H3;2*1H. The number of oxazole rings is 1. The summed E-state index contributed by atoms with van der Waals surface area (Å²) in [6.07, 6.45) is 4.44. The summed E-state index contributed by atoms with van der Waals surface area (Å²) in [5.41, 5.74) is 6.59. The van der Waals surface area contributed by atoms with Crippen LogP contribution >= 0.6 is 24.8 Å². The molecule has 1 aromatic rings. The minimum atomic E-state index is -0.0815. The number of likely N-dealkylation sites (tertiary alicyclic amines) is 1. The van der Waals surface area contributed by atoms with Crippen molar-refractivity contribution < 1.29 is 9.21 Å². The second kappa shape index (κ2) is 7.72. The highest BCUT2D eigenvalue weighted by atomic mass is 35.5. The van der Waals surface area contributed by atoms with E-state index in [0.717, 1.165) is 25.8 Å². The molecular formula is C12H21Cl2N3O2. The van der Waals surface area contributed by atoms with Crippen molar-refractivity contribution in [2.75, 3.05) is 6.54 Å². The minimum Gasteiger partial charge on any atom is -0.438 e. The summed E-state index contributed by atoms with van der Waals surface area (Å²) < 4.78 is 5.16. The van der Waals surface area contributed by atoms with Gasteiger partial charge in [0.15, 0.2) is 6.39 Å². The number of halogens is 2. The van der Waals surface area contributed by atoms with E-state index < -0.39 is 0 Å². The van der Waals surface area contributed by atoms with E-state index in [1.807, 2.05) is 11.8 Å². The molecule has 2 N–H and O–H groups in total. The summed E-state index contributed by atoms with van der Waals surface area (Å²) in [4.78, 5) is 18.1. The number of aryl methyl sites for hydroxylation is 1. The highest BCUT2D eigenvalue weighted by Gasteiger charge is 2.32. The number of carbonyl (C=O) groups is 1. The molecule has 1 saturated heterocycles. The Hall–Kier alpha value is -0.780. The van der Waals surface area contributed by atoms with Gasteiger partial charge in [-0.2, -0.15) is 0 Å². The van der Waals surface area contributed by atoms with Crippen LogP contribution < -0.4 is 5.73 Å². The highest BCUT2D eigenvalue weighted by Crippen LogP contribution is 2.22. The van der Waals surface area contributed by atoms with Crippen LogP contribution in [0, 0.1) is 6.92 Å². The number of nitrogens with zero attached hydrogens (tertiary/aromatic N) is 2. The van der Waals surface area contributed by atoms with Gasteiger partial charge in [-0.1, -0.05) is 0 Å². The Morgan fingerprint density at radius 3 is 2.74 bits per heavy atom. The SMILES string of the molecule is Cc1ncoc1C(=O)N1CCCCC1C(C)N.Cl.Cl. The fraction of sp³-hybridized carbons (Fsp3) is 0.667. The number of carbonyl (C=O) groups excluding carboxylic acids is 1. The fourth-order valence-corrected chi connectivity index (χ4v) is 2.39. The van der Waals surface area contributed by atoms with Crippen molar-refractivity contribution >= 4 is 30.7 Å². The van der Waals surface area contributed by atoms with Crippen LogP contribution in [0.4, 0.5) is 0 Å². The molecule has 7 heteroatoms. The smallest absolute Gasteiger partial charge is 0.291 e. The van der Waals surface area contributed by atoms with E-state index in [-0.39, 0.29) is 42.8 Å². The Labute approximate surface area is 125 Å². The zero-order valence-corrected chi connectivity index (χ0v) is 12.8. The zero-order valence-electron chi connectivity index (χ0n) is 11.2. The first-order valence-corrected chi connectivity index (χ1v) is 6.08. The first-order chi connectivity index (χ1) is 8.11. The second-order valence-corrected chi connectivity index (χ2v) is 4.69. The van der Waals surface area contributed by atoms with Gasteiger partial charge in [0, 0.05) is 18.6 Å². The average molecular weight is 310 g/mol. The van der Waals surface area contributed by atoms with Crippen LogP contribution in [0.15, 0.2) is 10.8 Å². The molecule has 0 aromatic carbocycles. The molecule has 0 saturated carbocycles. The largest absolute Gasteiger partial charge is 0.438 e. The van der Waals surface area contributed by atoms with Gasteiger partial charge in [0.1, 0.15) is 0 Å². The van der Waals surface area contributed by atoms with E-state index in [1.165, 1.54) is 6.39 Å². The van der Waals surface area contributed by atoms with Crippen molar-refractivity contribution in [2.24, 2.45) is 5.73 Å². The Balaban J connectivity index is 0.00000162. The molecule has 1 fully saturated rings. The molecule has 0 bridgehead atoms. The number of hydrogen-bond acceptors (Lipinski definition) is 4. The van der Waals surface area contributed by atoms with Crippen molar-refractivity contribution in [3.63, 3.8) is 0 Å². The summed E-state index contributed by atoms with van der Waals surface area (Å²) >= 11 is 0. The summed E-state index contributed by atoms with van der Waals surface area (Å²) in [5.74, 6) is 0.263. The fourth-order valence-electron chi connectivity index (χ4n) is 2.39. The molecule has 0 aliphatic carbocycles. The highest BCUT2D eigenvalue weighted by molar-refractivity contribution is 5.92. The molecule has 2 rings (SSSR count). The molecule has 2 heterocycles. The van der Waals surface area contributed by atoms with Gasteiger partial charge in [0.25, 0.3) is 5.91 Å². The molecule has 0 spiro atoms. The first kappa shape index (κ1) is 18.2. The Kier molecular flexibility index (Phi) is 7.41. The lowest BCUT2D eigenvalue weighted by Crippen LogP contribution is -2.51. The van der Waals surface area contributed by atoms with Crippen molar-refractivity contribution in [3.05, 3.63) is 17.8 Å². The van der Waals surface area contributed by atoms with E-state index in [1.54, 1.807) is 6.92 Å². The number of rotatable bonds is 2. The lowest BCUT2D eigenvalue weighted by Gasteiger charge is -2.37. The normalized spacial score (nSPS) is 20.2. The molecule has 1 aliphatic rings. The summed E-state index contributed by atoms with van der Waals surface area (Å²) in [7, 11) is 0. The van der Waals surface area contributed by atoms with Gasteiger partial charge in [-0.15, -0.1) is 24.8 Å². The van der Waals surface area contributed by atoms with Gasteiger partial charge in [0.2, 0.25) is 5.76 Å². The van der Waals surface area contributed by atoms with Gasteiger partial charge in [-0.25, -0.2) is 4.98 Å². The van der Waals surface area contributed by atoms with Gasteiger partial charge >= 0.3 is 0 Å². The van der Waals surface area contributed by atoms with Crippen LogP contribution in [-0.2, 0) is 0 Å². The van der Waals surface area contributed by atoms with Gasteiger partial charge in [-0.05, 0) is 33.1 Å². The molecule has 2 atom stereocenters. The van der Waals surface area contributed by atoms with Crippen LogP contribution in [0.25, 0.3) is 0 Å². The van der Waals surface area contributed by atoms with Crippen LogP contribution in [0.1, 0.15) is 42.4 Å². The molecule has 1 aliphatic heterocycles.